The summed E-state index contributed by atoms with van der Waals surface area (Å²) in [4.78, 5) is 25.0. The molecule has 1 heterocycles. The van der Waals surface area contributed by atoms with Crippen molar-refractivity contribution in [3.05, 3.63) is 29.6 Å². The maximum atomic E-state index is 13.7. The Kier molecular flexibility index (Phi) is 3.55. The first-order valence-corrected chi connectivity index (χ1v) is 6.28. The molecule has 2 amide bonds. The fourth-order valence-electron chi connectivity index (χ4n) is 2.23. The van der Waals surface area contributed by atoms with Gasteiger partial charge in [-0.2, -0.15) is 0 Å². The van der Waals surface area contributed by atoms with Crippen LogP contribution in [-0.4, -0.2) is 28.8 Å². The lowest BCUT2D eigenvalue weighted by Gasteiger charge is -2.19. The van der Waals surface area contributed by atoms with Crippen molar-refractivity contribution in [2.24, 2.45) is 0 Å². The van der Waals surface area contributed by atoms with E-state index in [-0.39, 0.29) is 30.0 Å². The number of nitrogens with one attached hydrogen (secondary N) is 1. The Morgan fingerprint density at radius 2 is 2.05 bits per heavy atom. The van der Waals surface area contributed by atoms with Gasteiger partial charge in [0.15, 0.2) is 0 Å². The summed E-state index contributed by atoms with van der Waals surface area (Å²) in [5.41, 5.74) is 1.06. The molecule has 1 aliphatic rings. The fraction of sp³-hybridized carbons (Fsp3) is 0.429. The van der Waals surface area contributed by atoms with E-state index in [0.717, 1.165) is 5.56 Å². The van der Waals surface area contributed by atoms with Gasteiger partial charge in [-0.15, -0.1) is 0 Å². The molecule has 1 aliphatic heterocycles. The monoisotopic (exact) mass is 264 g/mol. The van der Waals surface area contributed by atoms with Crippen LogP contribution >= 0.6 is 0 Å². The smallest absolute Gasteiger partial charge is 0.252 e. The van der Waals surface area contributed by atoms with Crippen LogP contribution in [0, 0.1) is 12.7 Å². The zero-order valence-electron chi connectivity index (χ0n) is 11.2. The van der Waals surface area contributed by atoms with E-state index in [1.807, 2.05) is 0 Å². The lowest BCUT2D eigenvalue weighted by atomic mass is 10.2. The summed E-state index contributed by atoms with van der Waals surface area (Å²) in [7, 11) is 0. The summed E-state index contributed by atoms with van der Waals surface area (Å²) in [6.07, 6.45) is 0.0737. The first-order valence-electron chi connectivity index (χ1n) is 6.28. The molecule has 0 radical (unpaired) electrons. The third kappa shape index (κ3) is 2.59. The van der Waals surface area contributed by atoms with Gasteiger partial charge in [0.25, 0.3) is 5.91 Å². The lowest BCUT2D eigenvalue weighted by molar-refractivity contribution is -0.140. The van der Waals surface area contributed by atoms with Gasteiger partial charge in [-0.05, 0) is 38.5 Å². The molecule has 5 heteroatoms. The van der Waals surface area contributed by atoms with E-state index in [2.05, 4.69) is 5.32 Å². The highest BCUT2D eigenvalue weighted by Gasteiger charge is 2.40. The van der Waals surface area contributed by atoms with E-state index in [4.69, 9.17) is 0 Å². The number of likely N-dealkylation sites (tertiary alicyclic amines) is 1. The topological polar surface area (TPSA) is 49.4 Å². The second-order valence-electron chi connectivity index (χ2n) is 5.08. The second kappa shape index (κ2) is 4.99. The molecule has 1 saturated heterocycles. The van der Waals surface area contributed by atoms with E-state index >= 15 is 0 Å². The van der Waals surface area contributed by atoms with Gasteiger partial charge >= 0.3 is 0 Å². The van der Waals surface area contributed by atoms with Crippen molar-refractivity contribution in [1.29, 1.82) is 0 Å². The van der Waals surface area contributed by atoms with Gasteiger partial charge in [-0.3, -0.25) is 14.5 Å². The number of halogens is 1. The van der Waals surface area contributed by atoms with Crippen molar-refractivity contribution in [3.63, 3.8) is 0 Å². The highest BCUT2D eigenvalue weighted by atomic mass is 19.1. The number of aryl methyl sites for hydroxylation is 1. The van der Waals surface area contributed by atoms with E-state index < -0.39 is 11.9 Å². The lowest BCUT2D eigenvalue weighted by Crippen LogP contribution is -2.39. The van der Waals surface area contributed by atoms with Crippen molar-refractivity contribution in [3.8, 4) is 0 Å². The predicted octanol–water partition coefficient (Wildman–Crippen LogP) is 2.08. The zero-order chi connectivity index (χ0) is 14.2. The van der Waals surface area contributed by atoms with Crippen LogP contribution in [0.4, 0.5) is 10.1 Å². The van der Waals surface area contributed by atoms with Crippen molar-refractivity contribution in [2.45, 2.75) is 39.3 Å². The maximum Gasteiger partial charge on any atom is 0.252 e. The highest BCUT2D eigenvalue weighted by Crippen LogP contribution is 2.22. The number of benzene rings is 1. The summed E-state index contributed by atoms with van der Waals surface area (Å²) < 4.78 is 13.7. The highest BCUT2D eigenvalue weighted by molar-refractivity contribution is 6.07. The normalized spacial score (nSPS) is 19.4. The van der Waals surface area contributed by atoms with E-state index in [1.54, 1.807) is 32.9 Å². The minimum atomic E-state index is -0.674. The predicted molar refractivity (Wildman–Crippen MR) is 70.2 cm³/mol. The summed E-state index contributed by atoms with van der Waals surface area (Å²) in [6.45, 7) is 5.35. The van der Waals surface area contributed by atoms with E-state index in [1.165, 1.54) is 11.0 Å². The summed E-state index contributed by atoms with van der Waals surface area (Å²) in [5.74, 6) is -0.923. The number of carbonyl (C=O) groups excluding carboxylic acids is 2. The molecule has 1 unspecified atom stereocenters. The van der Waals surface area contributed by atoms with Crippen molar-refractivity contribution >= 4 is 17.5 Å². The number of nitrogens with zero attached hydrogens (tertiary/aromatic N) is 1. The van der Waals surface area contributed by atoms with Crippen LogP contribution in [0.3, 0.4) is 0 Å². The molecule has 0 aliphatic carbocycles. The number of rotatable bonds is 3. The molecule has 0 saturated carbocycles. The molecular weight excluding hydrogens is 247 g/mol. The second-order valence-corrected chi connectivity index (χ2v) is 5.08. The SMILES string of the molecule is Cc1ccc(NC2CC(=O)N(C(C)C)C2=O)c(F)c1. The van der Waals surface area contributed by atoms with Crippen molar-refractivity contribution in [2.75, 3.05) is 5.32 Å². The number of hydrogen-bond donors (Lipinski definition) is 1. The molecular formula is C14H17FN2O2. The molecule has 0 spiro atoms. The summed E-state index contributed by atoms with van der Waals surface area (Å²) >= 11 is 0. The number of hydrogen-bond acceptors (Lipinski definition) is 3. The van der Waals surface area contributed by atoms with Crippen LogP contribution < -0.4 is 5.32 Å². The van der Waals surface area contributed by atoms with Crippen molar-refractivity contribution < 1.29 is 14.0 Å². The molecule has 0 bridgehead atoms. The van der Waals surface area contributed by atoms with Crippen LogP contribution in [0.5, 0.6) is 0 Å². The molecule has 0 aromatic heterocycles. The van der Waals surface area contributed by atoms with Gasteiger partial charge in [-0.1, -0.05) is 6.07 Å². The molecule has 1 atom stereocenters. The quantitative estimate of drug-likeness (QED) is 0.850. The standard InChI is InChI=1S/C14H17FN2O2/c1-8(2)17-13(18)7-12(14(17)19)16-11-5-4-9(3)6-10(11)15/h4-6,8,12,16H,7H2,1-3H3. The van der Waals surface area contributed by atoms with Crippen LogP contribution in [0.15, 0.2) is 18.2 Å². The molecule has 1 aromatic carbocycles. The molecule has 1 fully saturated rings. The largest absolute Gasteiger partial charge is 0.371 e. The summed E-state index contributed by atoms with van der Waals surface area (Å²) in [6, 6.07) is 3.89. The minimum Gasteiger partial charge on any atom is -0.371 e. The molecule has 1 N–H and O–H groups in total. The van der Waals surface area contributed by atoms with E-state index in [9.17, 15) is 14.0 Å². The van der Waals surface area contributed by atoms with Crippen LogP contribution in [0.1, 0.15) is 25.8 Å². The Balaban J connectivity index is 2.16. The third-order valence-corrected chi connectivity index (χ3v) is 3.15. The van der Waals surface area contributed by atoms with Gasteiger partial charge in [0.05, 0.1) is 12.1 Å². The van der Waals surface area contributed by atoms with Crippen LogP contribution in [0.25, 0.3) is 0 Å². The van der Waals surface area contributed by atoms with Crippen LogP contribution in [0.2, 0.25) is 0 Å². The Labute approximate surface area is 111 Å². The first kappa shape index (κ1) is 13.5. The number of amides is 2. The maximum absolute atomic E-state index is 13.7. The molecule has 102 valence electrons. The number of imide groups is 1. The molecule has 19 heavy (non-hydrogen) atoms. The molecule has 1 aromatic rings. The van der Waals surface area contributed by atoms with Gasteiger partial charge in [0.2, 0.25) is 5.91 Å². The Morgan fingerprint density at radius 3 is 2.58 bits per heavy atom. The Morgan fingerprint density at radius 1 is 1.37 bits per heavy atom. The fourth-order valence-corrected chi connectivity index (χ4v) is 2.23. The average molecular weight is 264 g/mol. The van der Waals surface area contributed by atoms with Crippen LogP contribution in [-0.2, 0) is 9.59 Å². The summed E-state index contributed by atoms with van der Waals surface area (Å²) in [5, 5.41) is 2.81. The van der Waals surface area contributed by atoms with E-state index in [0.29, 0.717) is 0 Å². The Hall–Kier alpha value is -1.91. The zero-order valence-corrected chi connectivity index (χ0v) is 11.2. The van der Waals surface area contributed by atoms with Gasteiger partial charge in [0.1, 0.15) is 11.9 Å². The van der Waals surface area contributed by atoms with Gasteiger partial charge in [0, 0.05) is 6.04 Å². The molecule has 2 rings (SSSR count). The average Bonchev–Trinajstić information content (AvgIpc) is 2.58. The van der Waals surface area contributed by atoms with Gasteiger partial charge in [-0.25, -0.2) is 4.39 Å². The van der Waals surface area contributed by atoms with Crippen molar-refractivity contribution in [1.82, 2.24) is 4.90 Å². The molecule has 4 nitrogen and oxygen atoms in total. The number of anilines is 1. The third-order valence-electron chi connectivity index (χ3n) is 3.15. The minimum absolute atomic E-state index is 0.0737. The van der Waals surface area contributed by atoms with Gasteiger partial charge < -0.3 is 5.32 Å². The number of carbonyl (C=O) groups is 2. The Bertz CT molecular complexity index is 528. The first-order chi connectivity index (χ1) is 8.90.